The Labute approximate surface area is 156 Å². The van der Waals surface area contributed by atoms with E-state index in [4.69, 9.17) is 5.41 Å². The molecule has 0 radical (unpaired) electrons. The maximum atomic E-state index is 11.5. The van der Waals surface area contributed by atoms with Crippen molar-refractivity contribution < 1.29 is 8.42 Å². The molecular weight excluding hydrogens is 368 g/mol. The van der Waals surface area contributed by atoms with Gasteiger partial charge in [-0.05, 0) is 41.8 Å². The molecule has 2 aliphatic rings. The van der Waals surface area contributed by atoms with E-state index < -0.39 is 10.0 Å². The van der Waals surface area contributed by atoms with Gasteiger partial charge in [0.2, 0.25) is 10.0 Å². The minimum atomic E-state index is -3.31. The Kier molecular flexibility index (Phi) is 4.24. The van der Waals surface area contributed by atoms with E-state index in [1.165, 1.54) is 11.8 Å². The Morgan fingerprint density at radius 1 is 1.19 bits per heavy atom. The van der Waals surface area contributed by atoms with Crippen molar-refractivity contribution >= 4 is 38.5 Å². The van der Waals surface area contributed by atoms with Crippen LogP contribution in [-0.4, -0.2) is 43.7 Å². The number of fused-ring (bicyclic) bond motifs is 3. The summed E-state index contributed by atoms with van der Waals surface area (Å²) in [5.41, 5.74) is 3.48. The molecule has 0 amide bonds. The lowest BCUT2D eigenvalue weighted by molar-refractivity contribution is 0.552. The zero-order valence-corrected chi connectivity index (χ0v) is 15.8. The van der Waals surface area contributed by atoms with E-state index in [0.717, 1.165) is 53.2 Å². The normalized spacial score (nSPS) is 16.6. The van der Waals surface area contributed by atoms with Crippen LogP contribution in [0.2, 0.25) is 0 Å². The number of amidine groups is 2. The van der Waals surface area contributed by atoms with Crippen LogP contribution < -0.4 is 4.72 Å². The molecule has 2 aromatic carbocycles. The molecule has 0 saturated carbocycles. The second kappa shape index (κ2) is 6.44. The summed E-state index contributed by atoms with van der Waals surface area (Å²) in [6, 6.07) is 13.4. The van der Waals surface area contributed by atoms with E-state index in [-0.39, 0.29) is 0 Å². The van der Waals surface area contributed by atoms with Gasteiger partial charge in [0, 0.05) is 29.2 Å². The highest BCUT2D eigenvalue weighted by atomic mass is 32.2. The molecule has 2 heterocycles. The summed E-state index contributed by atoms with van der Waals surface area (Å²) in [5, 5.41) is 8.78. The molecule has 8 heteroatoms. The summed E-state index contributed by atoms with van der Waals surface area (Å²) in [7, 11) is -3.31. The van der Waals surface area contributed by atoms with Crippen molar-refractivity contribution in [1.82, 2.24) is 4.90 Å². The third-order valence-electron chi connectivity index (χ3n) is 4.23. The number of benzene rings is 2. The van der Waals surface area contributed by atoms with Gasteiger partial charge in [-0.2, -0.15) is 0 Å². The van der Waals surface area contributed by atoms with Crippen molar-refractivity contribution in [2.75, 3.05) is 24.1 Å². The van der Waals surface area contributed by atoms with Crippen LogP contribution in [0.1, 0.15) is 12.0 Å². The second-order valence-corrected chi connectivity index (χ2v) is 9.06. The van der Waals surface area contributed by atoms with Gasteiger partial charge >= 0.3 is 0 Å². The molecule has 26 heavy (non-hydrogen) atoms. The maximum absolute atomic E-state index is 11.5. The van der Waals surface area contributed by atoms with E-state index in [1.807, 2.05) is 41.3 Å². The van der Waals surface area contributed by atoms with Gasteiger partial charge in [-0.15, -0.1) is 0 Å². The summed E-state index contributed by atoms with van der Waals surface area (Å²) in [4.78, 5) is 7.58. The van der Waals surface area contributed by atoms with Gasteiger partial charge in [0.05, 0.1) is 6.26 Å². The molecule has 134 valence electrons. The van der Waals surface area contributed by atoms with Crippen molar-refractivity contribution in [3.8, 4) is 11.1 Å². The number of hydrogen-bond donors (Lipinski definition) is 2. The standard InChI is InChI=1S/C18H18N4O2S2/c1-26(23,24)21-14-5-2-4-12(10-14)13-6-7-15-16(11-13)25-18(19)22-9-3-8-20-17(15)22/h2,4-7,10-11,19,21H,3,8-9H2,1H3. The summed E-state index contributed by atoms with van der Waals surface area (Å²) in [5.74, 6) is 0.883. The first kappa shape index (κ1) is 17.1. The fourth-order valence-electron chi connectivity index (χ4n) is 3.14. The average molecular weight is 387 g/mol. The third kappa shape index (κ3) is 3.34. The van der Waals surface area contributed by atoms with Crippen LogP contribution in [0.4, 0.5) is 5.69 Å². The Morgan fingerprint density at radius 2 is 2.00 bits per heavy atom. The highest BCUT2D eigenvalue weighted by Crippen LogP contribution is 2.36. The van der Waals surface area contributed by atoms with E-state index in [2.05, 4.69) is 9.71 Å². The second-order valence-electron chi connectivity index (χ2n) is 6.28. The predicted octanol–water partition coefficient (Wildman–Crippen LogP) is 3.22. The molecular formula is C18H18N4O2S2. The molecule has 0 saturated heterocycles. The summed E-state index contributed by atoms with van der Waals surface area (Å²) >= 11 is 1.44. The number of sulfonamides is 1. The molecule has 2 N–H and O–H groups in total. The molecule has 2 aromatic rings. The smallest absolute Gasteiger partial charge is 0.229 e. The van der Waals surface area contributed by atoms with Crippen LogP contribution in [0, 0.1) is 5.41 Å². The number of rotatable bonds is 3. The monoisotopic (exact) mass is 386 g/mol. The number of hydrogen-bond acceptors (Lipinski definition) is 5. The number of nitrogens with zero attached hydrogens (tertiary/aromatic N) is 2. The topological polar surface area (TPSA) is 85.6 Å². The van der Waals surface area contributed by atoms with Crippen molar-refractivity contribution in [2.24, 2.45) is 4.99 Å². The van der Waals surface area contributed by atoms with Gasteiger partial charge in [-0.1, -0.05) is 30.0 Å². The lowest BCUT2D eigenvalue weighted by atomic mass is 10.0. The number of nitrogens with one attached hydrogen (secondary N) is 2. The van der Waals surface area contributed by atoms with Crippen LogP contribution in [0.15, 0.2) is 52.4 Å². The fraction of sp³-hybridized carbons (Fsp3) is 0.222. The quantitative estimate of drug-likeness (QED) is 0.848. The van der Waals surface area contributed by atoms with Crippen molar-refractivity contribution in [2.45, 2.75) is 11.3 Å². The largest absolute Gasteiger partial charge is 0.305 e. The molecule has 4 rings (SSSR count). The zero-order chi connectivity index (χ0) is 18.3. The van der Waals surface area contributed by atoms with Gasteiger partial charge in [0.15, 0.2) is 5.17 Å². The SMILES string of the molecule is CS(=O)(=O)Nc1cccc(-c2ccc3c(c2)SC(=N)N2CCCN=C32)c1. The first-order valence-corrected chi connectivity index (χ1v) is 10.9. The van der Waals surface area contributed by atoms with Crippen LogP contribution in [0.25, 0.3) is 11.1 Å². The Morgan fingerprint density at radius 3 is 2.81 bits per heavy atom. The molecule has 0 unspecified atom stereocenters. The minimum Gasteiger partial charge on any atom is -0.305 e. The summed E-state index contributed by atoms with van der Waals surface area (Å²) in [6.45, 7) is 1.63. The predicted molar refractivity (Wildman–Crippen MR) is 107 cm³/mol. The molecule has 0 bridgehead atoms. The summed E-state index contributed by atoms with van der Waals surface area (Å²) < 4.78 is 25.4. The van der Waals surface area contributed by atoms with E-state index in [9.17, 15) is 8.42 Å². The lowest BCUT2D eigenvalue weighted by Gasteiger charge is -2.34. The summed E-state index contributed by atoms with van der Waals surface area (Å²) in [6.07, 6.45) is 2.11. The fourth-order valence-corrected chi connectivity index (χ4v) is 4.65. The zero-order valence-electron chi connectivity index (χ0n) is 14.2. The molecule has 0 aromatic heterocycles. The van der Waals surface area contributed by atoms with Crippen LogP contribution in [-0.2, 0) is 10.0 Å². The third-order valence-corrected chi connectivity index (χ3v) is 5.81. The van der Waals surface area contributed by atoms with Gasteiger partial charge in [-0.3, -0.25) is 15.1 Å². The lowest BCUT2D eigenvalue weighted by Crippen LogP contribution is -2.42. The highest BCUT2D eigenvalue weighted by molar-refractivity contribution is 8.14. The number of aliphatic imine (C=N–C) groups is 1. The first-order chi connectivity index (χ1) is 12.4. The average Bonchev–Trinajstić information content (AvgIpc) is 2.60. The van der Waals surface area contributed by atoms with Crippen molar-refractivity contribution in [3.63, 3.8) is 0 Å². The maximum Gasteiger partial charge on any atom is 0.229 e. The Balaban J connectivity index is 1.72. The van der Waals surface area contributed by atoms with Crippen LogP contribution >= 0.6 is 11.8 Å². The van der Waals surface area contributed by atoms with Gasteiger partial charge in [0.25, 0.3) is 0 Å². The van der Waals surface area contributed by atoms with E-state index >= 15 is 0 Å². The molecule has 2 aliphatic heterocycles. The minimum absolute atomic E-state index is 0.501. The van der Waals surface area contributed by atoms with Crippen LogP contribution in [0.3, 0.4) is 0 Å². The molecule has 0 aliphatic carbocycles. The Bertz CT molecular complexity index is 1030. The molecule has 0 atom stereocenters. The van der Waals surface area contributed by atoms with Gasteiger partial charge in [-0.25, -0.2) is 8.42 Å². The molecule has 0 spiro atoms. The number of thioether (sulfide) groups is 1. The van der Waals surface area contributed by atoms with E-state index in [1.54, 1.807) is 6.07 Å². The molecule has 0 fully saturated rings. The van der Waals surface area contributed by atoms with Crippen molar-refractivity contribution in [3.05, 3.63) is 48.0 Å². The first-order valence-electron chi connectivity index (χ1n) is 8.22. The van der Waals surface area contributed by atoms with Gasteiger partial charge in [0.1, 0.15) is 5.84 Å². The van der Waals surface area contributed by atoms with E-state index in [0.29, 0.717) is 10.9 Å². The number of anilines is 1. The van der Waals surface area contributed by atoms with Gasteiger partial charge < -0.3 is 4.90 Å². The van der Waals surface area contributed by atoms with Crippen LogP contribution in [0.5, 0.6) is 0 Å². The van der Waals surface area contributed by atoms with Crippen molar-refractivity contribution in [1.29, 1.82) is 5.41 Å². The molecule has 6 nitrogen and oxygen atoms in total. The highest BCUT2D eigenvalue weighted by Gasteiger charge is 2.29. The Hall–Kier alpha value is -2.32.